The molecule has 0 bridgehead atoms. The summed E-state index contributed by atoms with van der Waals surface area (Å²) in [5.74, 6) is -0.330. The van der Waals surface area contributed by atoms with E-state index < -0.39 is 5.97 Å². The van der Waals surface area contributed by atoms with Crippen molar-refractivity contribution in [2.24, 2.45) is 4.99 Å². The van der Waals surface area contributed by atoms with E-state index in [9.17, 15) is 14.9 Å². The van der Waals surface area contributed by atoms with E-state index in [2.05, 4.69) is 9.89 Å². The standard InChI is InChI=1S/C22H21N3O4/c1-15-5-8-17(9-6-15)21-23-18(22(26)29-21)13-16-7-10-19(20(14-16)25(27)28)24-11-3-2-4-12-24/h5-10,13-14H,2-4,11-12H2,1H3. The summed E-state index contributed by atoms with van der Waals surface area (Å²) in [5, 5.41) is 11.6. The fourth-order valence-electron chi connectivity index (χ4n) is 3.57. The lowest BCUT2D eigenvalue weighted by molar-refractivity contribution is -0.384. The van der Waals surface area contributed by atoms with Crippen molar-refractivity contribution in [3.8, 4) is 0 Å². The zero-order chi connectivity index (χ0) is 20.4. The van der Waals surface area contributed by atoms with E-state index in [4.69, 9.17) is 4.74 Å². The van der Waals surface area contributed by atoms with Crippen LogP contribution < -0.4 is 4.90 Å². The first-order valence-corrected chi connectivity index (χ1v) is 9.64. The molecule has 0 saturated carbocycles. The number of esters is 1. The van der Waals surface area contributed by atoms with Gasteiger partial charge < -0.3 is 9.64 Å². The van der Waals surface area contributed by atoms with Crippen LogP contribution in [0.3, 0.4) is 0 Å². The molecule has 1 fully saturated rings. The molecular formula is C22H21N3O4. The van der Waals surface area contributed by atoms with Gasteiger partial charge in [-0.2, -0.15) is 0 Å². The highest BCUT2D eigenvalue weighted by Crippen LogP contribution is 2.32. The molecule has 0 amide bonds. The summed E-state index contributed by atoms with van der Waals surface area (Å²) in [6, 6.07) is 12.5. The van der Waals surface area contributed by atoms with Crippen molar-refractivity contribution in [2.45, 2.75) is 26.2 Å². The smallest absolute Gasteiger partial charge is 0.363 e. The maximum Gasteiger partial charge on any atom is 0.363 e. The Hall–Kier alpha value is -3.48. The lowest BCUT2D eigenvalue weighted by Gasteiger charge is -2.28. The van der Waals surface area contributed by atoms with Gasteiger partial charge in [0.1, 0.15) is 5.69 Å². The number of aryl methyl sites for hydroxylation is 1. The molecule has 0 unspecified atom stereocenters. The average Bonchev–Trinajstić information content (AvgIpc) is 3.09. The van der Waals surface area contributed by atoms with Crippen LogP contribution in [0, 0.1) is 17.0 Å². The number of hydrogen-bond acceptors (Lipinski definition) is 6. The van der Waals surface area contributed by atoms with E-state index in [1.54, 1.807) is 12.1 Å². The van der Waals surface area contributed by atoms with Gasteiger partial charge in [-0.25, -0.2) is 9.79 Å². The number of nitrogens with zero attached hydrogens (tertiary/aromatic N) is 3. The van der Waals surface area contributed by atoms with Crippen LogP contribution in [0.4, 0.5) is 11.4 Å². The van der Waals surface area contributed by atoms with Gasteiger partial charge in [-0.05, 0) is 56.0 Å². The molecule has 1 saturated heterocycles. The molecule has 7 nitrogen and oxygen atoms in total. The summed E-state index contributed by atoms with van der Waals surface area (Å²) in [7, 11) is 0. The first kappa shape index (κ1) is 18.9. The third-order valence-corrected chi connectivity index (χ3v) is 5.12. The van der Waals surface area contributed by atoms with Crippen LogP contribution in [-0.4, -0.2) is 29.9 Å². The quantitative estimate of drug-likeness (QED) is 0.337. The normalized spacial score (nSPS) is 18.0. The monoisotopic (exact) mass is 391 g/mol. The van der Waals surface area contributed by atoms with Crippen molar-refractivity contribution < 1.29 is 14.5 Å². The minimum atomic E-state index is -0.566. The van der Waals surface area contributed by atoms with Gasteiger partial charge >= 0.3 is 5.97 Å². The Morgan fingerprint density at radius 3 is 2.52 bits per heavy atom. The number of anilines is 1. The zero-order valence-electron chi connectivity index (χ0n) is 16.1. The van der Waals surface area contributed by atoms with Gasteiger partial charge in [-0.1, -0.05) is 23.8 Å². The first-order valence-electron chi connectivity index (χ1n) is 9.64. The Kier molecular flexibility index (Phi) is 5.12. The summed E-state index contributed by atoms with van der Waals surface area (Å²) >= 11 is 0. The molecule has 29 heavy (non-hydrogen) atoms. The van der Waals surface area contributed by atoms with Gasteiger partial charge in [0.25, 0.3) is 5.69 Å². The molecule has 148 valence electrons. The molecule has 0 radical (unpaired) electrons. The van der Waals surface area contributed by atoms with Gasteiger partial charge in [0, 0.05) is 24.7 Å². The first-order chi connectivity index (χ1) is 14.0. The Balaban J connectivity index is 1.64. The number of piperidine rings is 1. The number of nitro groups is 1. The highest BCUT2D eigenvalue weighted by Gasteiger charge is 2.25. The van der Waals surface area contributed by atoms with E-state index >= 15 is 0 Å². The second kappa shape index (κ2) is 7.87. The third kappa shape index (κ3) is 4.03. The molecular weight excluding hydrogens is 370 g/mol. The van der Waals surface area contributed by atoms with Crippen LogP contribution in [0.2, 0.25) is 0 Å². The second-order valence-electron chi connectivity index (χ2n) is 7.26. The predicted molar refractivity (Wildman–Crippen MR) is 111 cm³/mol. The number of aliphatic imine (C=N–C) groups is 1. The molecule has 0 aromatic heterocycles. The van der Waals surface area contributed by atoms with Crippen LogP contribution in [0.5, 0.6) is 0 Å². The van der Waals surface area contributed by atoms with Crippen LogP contribution in [0.15, 0.2) is 53.2 Å². The van der Waals surface area contributed by atoms with Gasteiger partial charge in [0.15, 0.2) is 5.70 Å². The van der Waals surface area contributed by atoms with E-state index in [1.807, 2.05) is 31.2 Å². The van der Waals surface area contributed by atoms with Crippen molar-refractivity contribution >= 4 is 29.3 Å². The molecule has 0 atom stereocenters. The zero-order valence-corrected chi connectivity index (χ0v) is 16.1. The molecule has 2 aliphatic rings. The van der Waals surface area contributed by atoms with Gasteiger partial charge in [-0.3, -0.25) is 10.1 Å². The molecule has 2 aromatic rings. The molecule has 0 aliphatic carbocycles. The average molecular weight is 391 g/mol. The van der Waals surface area contributed by atoms with E-state index in [-0.39, 0.29) is 22.2 Å². The van der Waals surface area contributed by atoms with Crippen LogP contribution in [-0.2, 0) is 9.53 Å². The highest BCUT2D eigenvalue weighted by atomic mass is 16.6. The Morgan fingerprint density at radius 1 is 1.10 bits per heavy atom. The van der Waals surface area contributed by atoms with E-state index in [0.29, 0.717) is 16.8 Å². The van der Waals surface area contributed by atoms with Crippen molar-refractivity contribution in [1.29, 1.82) is 0 Å². The second-order valence-corrected chi connectivity index (χ2v) is 7.26. The molecule has 2 aromatic carbocycles. The largest absolute Gasteiger partial charge is 0.402 e. The summed E-state index contributed by atoms with van der Waals surface area (Å²) in [6.45, 7) is 3.60. The number of cyclic esters (lactones) is 1. The highest BCUT2D eigenvalue weighted by molar-refractivity contribution is 6.12. The topological polar surface area (TPSA) is 85.0 Å². The van der Waals surface area contributed by atoms with Gasteiger partial charge in [0.2, 0.25) is 5.90 Å². The minimum Gasteiger partial charge on any atom is -0.402 e. The van der Waals surface area contributed by atoms with Gasteiger partial charge in [-0.15, -0.1) is 0 Å². The molecule has 0 N–H and O–H groups in total. The molecule has 2 aliphatic heterocycles. The number of hydrogen-bond donors (Lipinski definition) is 0. The van der Waals surface area contributed by atoms with E-state index in [1.165, 1.54) is 12.1 Å². The summed E-state index contributed by atoms with van der Waals surface area (Å²) < 4.78 is 5.27. The van der Waals surface area contributed by atoms with E-state index in [0.717, 1.165) is 37.9 Å². The fraction of sp³-hybridized carbons (Fsp3) is 0.273. The summed E-state index contributed by atoms with van der Waals surface area (Å²) in [4.78, 5) is 29.8. The maximum absolute atomic E-state index is 12.2. The molecule has 7 heteroatoms. The van der Waals surface area contributed by atoms with Crippen molar-refractivity contribution in [3.63, 3.8) is 0 Å². The molecule has 2 heterocycles. The van der Waals surface area contributed by atoms with Crippen LogP contribution in [0.25, 0.3) is 6.08 Å². The lowest BCUT2D eigenvalue weighted by atomic mass is 10.1. The molecule has 4 rings (SSSR count). The summed E-state index contributed by atoms with van der Waals surface area (Å²) in [6.07, 6.45) is 4.74. The summed E-state index contributed by atoms with van der Waals surface area (Å²) in [5.41, 5.74) is 3.12. The number of nitro benzene ring substituents is 1. The maximum atomic E-state index is 12.2. The number of carbonyl (C=O) groups excluding carboxylic acids is 1. The lowest BCUT2D eigenvalue weighted by Crippen LogP contribution is -2.29. The third-order valence-electron chi connectivity index (χ3n) is 5.12. The fourth-order valence-corrected chi connectivity index (χ4v) is 3.57. The number of carbonyl (C=O) groups is 1. The van der Waals surface area contributed by atoms with Gasteiger partial charge in [0.05, 0.1) is 4.92 Å². The number of rotatable bonds is 4. The Morgan fingerprint density at radius 2 is 1.83 bits per heavy atom. The van der Waals surface area contributed by atoms with Crippen molar-refractivity contribution in [2.75, 3.05) is 18.0 Å². The minimum absolute atomic E-state index is 0.0374. The van der Waals surface area contributed by atoms with Crippen LogP contribution >= 0.6 is 0 Å². The Bertz CT molecular complexity index is 1020. The SMILES string of the molecule is Cc1ccc(C2=NC(=Cc3ccc(N4CCCCC4)c([N+](=O)[O-])c3)C(=O)O2)cc1. The van der Waals surface area contributed by atoms with Crippen molar-refractivity contribution in [3.05, 3.63) is 75.0 Å². The van der Waals surface area contributed by atoms with Crippen molar-refractivity contribution in [1.82, 2.24) is 0 Å². The predicted octanol–water partition coefficient (Wildman–Crippen LogP) is 4.24. The Labute approximate surface area is 168 Å². The number of benzene rings is 2. The van der Waals surface area contributed by atoms with Crippen LogP contribution in [0.1, 0.15) is 36.0 Å². The number of ether oxygens (including phenoxy) is 1. The molecule has 0 spiro atoms.